The summed E-state index contributed by atoms with van der Waals surface area (Å²) in [7, 11) is 7.38. The fourth-order valence-corrected chi connectivity index (χ4v) is 6.64. The Morgan fingerprint density at radius 1 is 1.12 bits per heavy atom. The molecule has 1 aromatic heterocycles. The number of nitrogens with one attached hydrogen (secondary N) is 1. The second-order valence-corrected chi connectivity index (χ2v) is 11.5. The third kappa shape index (κ3) is 5.86. The number of hydrogen-bond acceptors (Lipinski definition) is 6. The molecule has 0 saturated heterocycles. The van der Waals surface area contributed by atoms with Gasteiger partial charge in [0.05, 0.1) is 32.1 Å². The van der Waals surface area contributed by atoms with Gasteiger partial charge in [0.2, 0.25) is 0 Å². The second kappa shape index (κ2) is 13.1. The first-order valence-corrected chi connectivity index (χ1v) is 14.9. The third-order valence-electron chi connectivity index (χ3n) is 8.78. The van der Waals surface area contributed by atoms with Gasteiger partial charge in [0.1, 0.15) is 0 Å². The van der Waals surface area contributed by atoms with E-state index >= 15 is 0 Å². The standard InChI is InChI=1S/C33H45N3O4/c1-34-17-9-18-35(2)19-16-23-21-36-28-20-25(33(37)39-4)14-15-26(28)30(24-10-6-5-7-11-24)31(36)27-12-8-13-29(38-3)32(27)40-22-23/h8,12-15,20,23-24,34H,5-7,9-11,16-19,21-22H2,1-4H3/t23-/m1/s1. The zero-order valence-corrected chi connectivity index (χ0v) is 24.6. The molecule has 5 rings (SSSR count). The molecule has 3 aromatic rings. The number of para-hydroxylation sites is 1. The van der Waals surface area contributed by atoms with Crippen LogP contribution in [0.5, 0.6) is 11.5 Å². The van der Waals surface area contributed by atoms with Gasteiger partial charge < -0.3 is 29.0 Å². The van der Waals surface area contributed by atoms with Gasteiger partial charge in [0.15, 0.2) is 11.5 Å². The molecular formula is C33H45N3O4. The second-order valence-electron chi connectivity index (χ2n) is 11.5. The molecule has 2 heterocycles. The van der Waals surface area contributed by atoms with Crippen molar-refractivity contribution in [2.45, 2.75) is 57.4 Å². The monoisotopic (exact) mass is 547 g/mol. The van der Waals surface area contributed by atoms with E-state index in [4.69, 9.17) is 14.2 Å². The lowest BCUT2D eigenvalue weighted by Crippen LogP contribution is -2.29. The van der Waals surface area contributed by atoms with Gasteiger partial charge in [0, 0.05) is 28.9 Å². The van der Waals surface area contributed by atoms with Crippen LogP contribution >= 0.6 is 0 Å². The highest BCUT2D eigenvalue weighted by Crippen LogP contribution is 2.49. The van der Waals surface area contributed by atoms with E-state index in [9.17, 15) is 4.79 Å². The van der Waals surface area contributed by atoms with Gasteiger partial charge in [-0.3, -0.25) is 0 Å². The molecule has 1 aliphatic heterocycles. The van der Waals surface area contributed by atoms with E-state index in [1.165, 1.54) is 55.9 Å². The Balaban J connectivity index is 1.64. The molecule has 1 atom stereocenters. The Kier molecular flexibility index (Phi) is 9.33. The summed E-state index contributed by atoms with van der Waals surface area (Å²) in [5.74, 6) is 2.08. The predicted octanol–water partition coefficient (Wildman–Crippen LogP) is 6.09. The first-order chi connectivity index (χ1) is 19.5. The Labute approximate surface area is 238 Å². The van der Waals surface area contributed by atoms with Crippen LogP contribution in [0.1, 0.15) is 66.8 Å². The predicted molar refractivity (Wildman–Crippen MR) is 161 cm³/mol. The van der Waals surface area contributed by atoms with Crippen molar-refractivity contribution in [3.8, 4) is 22.8 Å². The number of ether oxygens (including phenoxy) is 3. The summed E-state index contributed by atoms with van der Waals surface area (Å²) in [4.78, 5) is 15.0. The summed E-state index contributed by atoms with van der Waals surface area (Å²) in [6.07, 6.45) is 8.33. The highest BCUT2D eigenvalue weighted by atomic mass is 16.5. The van der Waals surface area contributed by atoms with E-state index in [0.717, 1.165) is 61.6 Å². The summed E-state index contributed by atoms with van der Waals surface area (Å²) in [5, 5.41) is 4.49. The minimum absolute atomic E-state index is 0.298. The SMILES string of the molecule is CNCCCN(C)CC[C@H]1COc2c(OC)cccc2-c2c(C3CCCCC3)c3ccc(C(=O)OC)cc3n2C1. The van der Waals surface area contributed by atoms with Gasteiger partial charge in [-0.25, -0.2) is 4.79 Å². The fourth-order valence-electron chi connectivity index (χ4n) is 6.64. The zero-order valence-electron chi connectivity index (χ0n) is 24.6. The number of esters is 1. The molecule has 7 nitrogen and oxygen atoms in total. The molecule has 1 aliphatic carbocycles. The molecule has 0 bridgehead atoms. The smallest absolute Gasteiger partial charge is 0.337 e. The van der Waals surface area contributed by atoms with Gasteiger partial charge in [-0.1, -0.05) is 31.4 Å². The van der Waals surface area contributed by atoms with Crippen LogP contribution in [0.25, 0.3) is 22.2 Å². The Morgan fingerprint density at radius 3 is 2.70 bits per heavy atom. The Morgan fingerprint density at radius 2 is 1.95 bits per heavy atom. The van der Waals surface area contributed by atoms with Crippen LogP contribution in [-0.4, -0.2) is 70.0 Å². The highest BCUT2D eigenvalue weighted by molar-refractivity contribution is 5.99. The van der Waals surface area contributed by atoms with Crippen molar-refractivity contribution in [2.75, 3.05) is 54.6 Å². The normalized spacial score (nSPS) is 17.6. The van der Waals surface area contributed by atoms with Crippen molar-refractivity contribution in [1.82, 2.24) is 14.8 Å². The number of fused-ring (bicyclic) bond motifs is 5. The zero-order chi connectivity index (χ0) is 28.1. The maximum Gasteiger partial charge on any atom is 0.337 e. The molecule has 216 valence electrons. The van der Waals surface area contributed by atoms with Crippen LogP contribution in [0.4, 0.5) is 0 Å². The molecule has 2 aliphatic rings. The van der Waals surface area contributed by atoms with Gasteiger partial charge in [-0.15, -0.1) is 0 Å². The van der Waals surface area contributed by atoms with Crippen LogP contribution in [0.2, 0.25) is 0 Å². The largest absolute Gasteiger partial charge is 0.493 e. The van der Waals surface area contributed by atoms with E-state index in [0.29, 0.717) is 24.0 Å². The molecule has 1 N–H and O–H groups in total. The minimum Gasteiger partial charge on any atom is -0.493 e. The van der Waals surface area contributed by atoms with Crippen molar-refractivity contribution in [3.63, 3.8) is 0 Å². The van der Waals surface area contributed by atoms with Gasteiger partial charge in [-0.2, -0.15) is 0 Å². The van der Waals surface area contributed by atoms with Gasteiger partial charge >= 0.3 is 5.97 Å². The summed E-state index contributed by atoms with van der Waals surface area (Å²) < 4.78 is 20.1. The minimum atomic E-state index is -0.298. The number of rotatable bonds is 10. The number of nitrogens with zero attached hydrogens (tertiary/aromatic N) is 2. The maximum atomic E-state index is 12.6. The highest BCUT2D eigenvalue weighted by Gasteiger charge is 2.32. The van der Waals surface area contributed by atoms with Crippen LogP contribution in [-0.2, 0) is 11.3 Å². The molecule has 0 radical (unpaired) electrons. The lowest BCUT2D eigenvalue weighted by atomic mass is 9.81. The molecule has 0 amide bonds. The Hall–Kier alpha value is -3.03. The van der Waals surface area contributed by atoms with Crippen molar-refractivity contribution < 1.29 is 19.0 Å². The molecule has 1 fully saturated rings. The Bertz CT molecular complexity index is 1310. The fraction of sp³-hybridized carbons (Fsp3) is 0.545. The quantitative estimate of drug-likeness (QED) is 0.245. The van der Waals surface area contributed by atoms with Crippen LogP contribution in [0, 0.1) is 5.92 Å². The van der Waals surface area contributed by atoms with E-state index < -0.39 is 0 Å². The van der Waals surface area contributed by atoms with Crippen LogP contribution < -0.4 is 14.8 Å². The first-order valence-electron chi connectivity index (χ1n) is 14.9. The average Bonchev–Trinajstić information content (AvgIpc) is 3.29. The third-order valence-corrected chi connectivity index (χ3v) is 8.78. The number of aromatic nitrogens is 1. The number of carbonyl (C=O) groups excluding carboxylic acids is 1. The number of methoxy groups -OCH3 is 2. The lowest BCUT2D eigenvalue weighted by molar-refractivity contribution is 0.0601. The number of benzene rings is 2. The summed E-state index contributed by atoms with van der Waals surface area (Å²) in [6, 6.07) is 12.3. The molecule has 1 saturated carbocycles. The van der Waals surface area contributed by atoms with Gasteiger partial charge in [-0.05, 0) is 95.2 Å². The summed E-state index contributed by atoms with van der Waals surface area (Å²) >= 11 is 0. The maximum absolute atomic E-state index is 12.6. The summed E-state index contributed by atoms with van der Waals surface area (Å²) in [6.45, 7) is 4.56. The molecule has 0 spiro atoms. The van der Waals surface area contributed by atoms with Crippen molar-refractivity contribution in [2.24, 2.45) is 5.92 Å². The molecule has 0 unspecified atom stereocenters. The number of carbonyl (C=O) groups is 1. The van der Waals surface area contributed by atoms with E-state index in [1.54, 1.807) is 7.11 Å². The van der Waals surface area contributed by atoms with Crippen molar-refractivity contribution >= 4 is 16.9 Å². The number of hydrogen-bond donors (Lipinski definition) is 1. The lowest BCUT2D eigenvalue weighted by Gasteiger charge is -2.29. The first kappa shape index (κ1) is 28.5. The molecule has 7 heteroatoms. The van der Waals surface area contributed by atoms with E-state index in [1.807, 2.05) is 25.2 Å². The van der Waals surface area contributed by atoms with Crippen LogP contribution in [0.3, 0.4) is 0 Å². The van der Waals surface area contributed by atoms with E-state index in [2.05, 4.69) is 40.0 Å². The summed E-state index contributed by atoms with van der Waals surface area (Å²) in [5.41, 5.74) is 5.41. The molecular weight excluding hydrogens is 502 g/mol. The van der Waals surface area contributed by atoms with Crippen LogP contribution in [0.15, 0.2) is 36.4 Å². The van der Waals surface area contributed by atoms with E-state index in [-0.39, 0.29) is 5.97 Å². The van der Waals surface area contributed by atoms with Crippen molar-refractivity contribution in [3.05, 3.63) is 47.5 Å². The topological polar surface area (TPSA) is 65.0 Å². The van der Waals surface area contributed by atoms with Gasteiger partial charge in [0.25, 0.3) is 0 Å². The van der Waals surface area contributed by atoms with Crippen molar-refractivity contribution in [1.29, 1.82) is 0 Å². The average molecular weight is 548 g/mol. The molecule has 2 aromatic carbocycles. The molecule has 40 heavy (non-hydrogen) atoms.